The van der Waals surface area contributed by atoms with E-state index in [4.69, 9.17) is 15.2 Å². The highest BCUT2D eigenvalue weighted by molar-refractivity contribution is 14.1. The van der Waals surface area contributed by atoms with Crippen molar-refractivity contribution in [2.24, 2.45) is 5.73 Å². The van der Waals surface area contributed by atoms with Crippen LogP contribution in [0.25, 0.3) is 0 Å². The van der Waals surface area contributed by atoms with Crippen LogP contribution in [0.2, 0.25) is 0 Å². The van der Waals surface area contributed by atoms with Crippen molar-refractivity contribution in [1.29, 1.82) is 0 Å². The van der Waals surface area contributed by atoms with E-state index in [0.717, 1.165) is 27.1 Å². The summed E-state index contributed by atoms with van der Waals surface area (Å²) < 4.78 is 13.4. The van der Waals surface area contributed by atoms with Gasteiger partial charge >= 0.3 is 0 Å². The van der Waals surface area contributed by atoms with Gasteiger partial charge in [-0.05, 0) is 58.3 Å². The molecular weight excluding hydrogens is 445 g/mol. The topological polar surface area (TPSA) is 44.5 Å². The van der Waals surface area contributed by atoms with Crippen molar-refractivity contribution in [3.05, 3.63) is 55.1 Å². The Morgan fingerprint density at radius 1 is 1.14 bits per heavy atom. The predicted octanol–water partition coefficient (Wildman–Crippen LogP) is 4.18. The van der Waals surface area contributed by atoms with Gasteiger partial charge in [0, 0.05) is 8.04 Å². The summed E-state index contributed by atoms with van der Waals surface area (Å²) in [7, 11) is 0. The molecule has 0 aromatic heterocycles. The predicted molar refractivity (Wildman–Crippen MR) is 95.1 cm³/mol. The molecule has 0 radical (unpaired) electrons. The third kappa shape index (κ3) is 2.91. The van der Waals surface area contributed by atoms with Crippen molar-refractivity contribution in [1.82, 2.24) is 0 Å². The zero-order valence-corrected chi connectivity index (χ0v) is 15.3. The first-order valence-corrected chi connectivity index (χ1v) is 8.54. The van der Waals surface area contributed by atoms with Gasteiger partial charge in [0.15, 0.2) is 11.5 Å². The molecule has 0 aliphatic carbocycles. The minimum atomic E-state index is -0.206. The Hall–Kier alpha value is -0.790. The monoisotopic (exact) mass is 459 g/mol. The van der Waals surface area contributed by atoms with Crippen LogP contribution in [0.15, 0.2) is 34.8 Å². The molecule has 1 aliphatic heterocycles. The Bertz CT molecular complexity index is 690. The molecule has 110 valence electrons. The fourth-order valence-corrected chi connectivity index (χ4v) is 3.66. The lowest BCUT2D eigenvalue weighted by Gasteiger charge is -2.23. The number of fused-ring (bicyclic) bond motifs is 1. The lowest BCUT2D eigenvalue weighted by molar-refractivity contribution is 0.171. The van der Waals surface area contributed by atoms with E-state index in [9.17, 15) is 0 Å². The van der Waals surface area contributed by atoms with Crippen LogP contribution in [0, 0.1) is 10.5 Å². The smallest absolute Gasteiger partial charge is 0.162 e. The zero-order valence-electron chi connectivity index (χ0n) is 11.5. The number of halogens is 2. The molecule has 1 heterocycles. The van der Waals surface area contributed by atoms with Crippen LogP contribution in [0.1, 0.15) is 22.7 Å². The molecule has 1 aliphatic rings. The molecule has 1 atom stereocenters. The summed E-state index contributed by atoms with van der Waals surface area (Å²) in [5, 5.41) is 0. The van der Waals surface area contributed by atoms with E-state index in [2.05, 4.69) is 57.6 Å². The van der Waals surface area contributed by atoms with Crippen LogP contribution in [0.5, 0.6) is 11.5 Å². The lowest BCUT2D eigenvalue weighted by atomic mass is 9.98. The number of hydrogen-bond acceptors (Lipinski definition) is 3. The first-order chi connectivity index (χ1) is 10.1. The summed E-state index contributed by atoms with van der Waals surface area (Å²) >= 11 is 5.95. The standard InChI is InChI=1S/C16H15BrINO2/c1-9-3-2-4-10(15(9)18)16(19)11-7-13-14(8-12(11)17)21-6-5-20-13/h2-4,7-8,16H,5-6,19H2,1H3. The maximum atomic E-state index is 6.49. The van der Waals surface area contributed by atoms with Gasteiger partial charge in [0.2, 0.25) is 0 Å². The molecule has 0 fully saturated rings. The quantitative estimate of drug-likeness (QED) is 0.685. The summed E-state index contributed by atoms with van der Waals surface area (Å²) in [5.74, 6) is 1.53. The average Bonchev–Trinajstić information content (AvgIpc) is 2.48. The number of hydrogen-bond donors (Lipinski definition) is 1. The van der Waals surface area contributed by atoms with E-state index in [1.54, 1.807) is 0 Å². The molecule has 5 heteroatoms. The number of aryl methyl sites for hydroxylation is 1. The Labute approximate surface area is 146 Å². The first-order valence-electron chi connectivity index (χ1n) is 6.67. The van der Waals surface area contributed by atoms with Crippen LogP contribution in [-0.4, -0.2) is 13.2 Å². The van der Waals surface area contributed by atoms with E-state index in [0.29, 0.717) is 13.2 Å². The summed E-state index contributed by atoms with van der Waals surface area (Å²) in [6.07, 6.45) is 0. The summed E-state index contributed by atoms with van der Waals surface area (Å²) in [6, 6.07) is 9.91. The Morgan fingerprint density at radius 2 is 1.81 bits per heavy atom. The van der Waals surface area contributed by atoms with Gasteiger partial charge in [0.1, 0.15) is 13.2 Å². The normalized spacial score (nSPS) is 14.9. The SMILES string of the molecule is Cc1cccc(C(N)c2cc3c(cc2Br)OCCO3)c1I. The van der Waals surface area contributed by atoms with Crippen LogP contribution < -0.4 is 15.2 Å². The van der Waals surface area contributed by atoms with Crippen molar-refractivity contribution >= 4 is 38.5 Å². The van der Waals surface area contributed by atoms with Gasteiger partial charge in [-0.25, -0.2) is 0 Å². The van der Waals surface area contributed by atoms with E-state index in [1.807, 2.05) is 18.2 Å². The largest absolute Gasteiger partial charge is 0.486 e. The average molecular weight is 460 g/mol. The van der Waals surface area contributed by atoms with Crippen molar-refractivity contribution in [2.45, 2.75) is 13.0 Å². The highest BCUT2D eigenvalue weighted by atomic mass is 127. The molecule has 1 unspecified atom stereocenters. The van der Waals surface area contributed by atoms with Gasteiger partial charge in [-0.3, -0.25) is 0 Å². The minimum absolute atomic E-state index is 0.206. The van der Waals surface area contributed by atoms with Crippen LogP contribution in [0.3, 0.4) is 0 Å². The number of ether oxygens (including phenoxy) is 2. The summed E-state index contributed by atoms with van der Waals surface area (Å²) in [4.78, 5) is 0. The molecule has 3 rings (SSSR count). The summed E-state index contributed by atoms with van der Waals surface area (Å²) in [5.41, 5.74) is 9.84. The van der Waals surface area contributed by atoms with E-state index in [-0.39, 0.29) is 6.04 Å². The Morgan fingerprint density at radius 3 is 2.52 bits per heavy atom. The van der Waals surface area contributed by atoms with Gasteiger partial charge < -0.3 is 15.2 Å². The third-order valence-corrected chi connectivity index (χ3v) is 5.71. The van der Waals surface area contributed by atoms with Crippen LogP contribution >= 0.6 is 38.5 Å². The molecule has 2 N–H and O–H groups in total. The molecular formula is C16H15BrINO2. The van der Waals surface area contributed by atoms with E-state index < -0.39 is 0 Å². The maximum Gasteiger partial charge on any atom is 0.162 e. The maximum absolute atomic E-state index is 6.49. The highest BCUT2D eigenvalue weighted by Gasteiger charge is 2.20. The Balaban J connectivity index is 2.05. The van der Waals surface area contributed by atoms with Crippen LogP contribution in [-0.2, 0) is 0 Å². The third-order valence-electron chi connectivity index (χ3n) is 3.55. The van der Waals surface area contributed by atoms with Gasteiger partial charge in [0.25, 0.3) is 0 Å². The molecule has 0 spiro atoms. The second kappa shape index (κ2) is 6.14. The Kier molecular flexibility index (Phi) is 4.42. The molecule has 21 heavy (non-hydrogen) atoms. The molecule has 0 bridgehead atoms. The molecule has 3 nitrogen and oxygen atoms in total. The van der Waals surface area contributed by atoms with Gasteiger partial charge in [-0.1, -0.05) is 34.1 Å². The van der Waals surface area contributed by atoms with Gasteiger partial charge in [-0.2, -0.15) is 0 Å². The number of rotatable bonds is 2. The number of nitrogens with two attached hydrogens (primary N) is 1. The minimum Gasteiger partial charge on any atom is -0.486 e. The fraction of sp³-hybridized carbons (Fsp3) is 0.250. The highest BCUT2D eigenvalue weighted by Crippen LogP contribution is 2.39. The first kappa shape index (κ1) is 15.1. The molecule has 0 saturated heterocycles. The van der Waals surface area contributed by atoms with Gasteiger partial charge in [-0.15, -0.1) is 0 Å². The fourth-order valence-electron chi connectivity index (χ4n) is 2.40. The molecule has 2 aromatic rings. The van der Waals surface area contributed by atoms with Crippen LogP contribution in [0.4, 0.5) is 0 Å². The van der Waals surface area contributed by atoms with Crippen molar-refractivity contribution in [3.63, 3.8) is 0 Å². The summed E-state index contributed by atoms with van der Waals surface area (Å²) in [6.45, 7) is 3.25. The van der Waals surface area contributed by atoms with Crippen molar-refractivity contribution in [3.8, 4) is 11.5 Å². The molecule has 0 amide bonds. The second-order valence-electron chi connectivity index (χ2n) is 4.97. The van der Waals surface area contributed by atoms with Gasteiger partial charge in [0.05, 0.1) is 6.04 Å². The zero-order chi connectivity index (χ0) is 15.0. The van der Waals surface area contributed by atoms with E-state index in [1.165, 1.54) is 9.13 Å². The molecule has 0 saturated carbocycles. The second-order valence-corrected chi connectivity index (χ2v) is 6.91. The van der Waals surface area contributed by atoms with Crippen molar-refractivity contribution < 1.29 is 9.47 Å². The lowest BCUT2D eigenvalue weighted by Crippen LogP contribution is -2.18. The molecule has 2 aromatic carbocycles. The van der Waals surface area contributed by atoms with E-state index >= 15 is 0 Å². The number of benzene rings is 2. The van der Waals surface area contributed by atoms with Crippen molar-refractivity contribution in [2.75, 3.05) is 13.2 Å².